The predicted molar refractivity (Wildman–Crippen MR) is 70.8 cm³/mol. The lowest BCUT2D eigenvalue weighted by Crippen LogP contribution is -1.83. The quantitative estimate of drug-likeness (QED) is 0.902. The van der Waals surface area contributed by atoms with Gasteiger partial charge in [0.15, 0.2) is 0 Å². The maximum Gasteiger partial charge on any atom is 0.210 e. The van der Waals surface area contributed by atoms with Gasteiger partial charge in [0.05, 0.1) is 15.7 Å². The summed E-state index contributed by atoms with van der Waals surface area (Å²) in [4.78, 5) is 3.77. The van der Waals surface area contributed by atoms with E-state index in [1.54, 1.807) is 18.2 Å². The maximum absolute atomic E-state index is 9.12. The summed E-state index contributed by atoms with van der Waals surface area (Å²) in [6, 6.07) is 6.40. The summed E-state index contributed by atoms with van der Waals surface area (Å²) in [5.41, 5.74) is 1.89. The van der Waals surface area contributed by atoms with Crippen LogP contribution < -0.4 is 0 Å². The van der Waals surface area contributed by atoms with Crippen LogP contribution in [0.1, 0.15) is 0 Å². The second-order valence-electron chi connectivity index (χ2n) is 3.28. The zero-order valence-corrected chi connectivity index (χ0v) is 10.7. The second-order valence-corrected chi connectivity index (χ2v) is 4.28. The van der Waals surface area contributed by atoms with Crippen molar-refractivity contribution in [3.63, 3.8) is 0 Å². The minimum absolute atomic E-state index is 0.0572. The van der Waals surface area contributed by atoms with Crippen molar-refractivity contribution in [3.05, 3.63) is 40.5 Å². The van der Waals surface area contributed by atoms with Gasteiger partial charge in [-0.1, -0.05) is 23.2 Å². The molecule has 2 rings (SSSR count). The van der Waals surface area contributed by atoms with E-state index in [2.05, 4.69) is 21.8 Å². The number of benzene rings is 1. The third-order valence-corrected chi connectivity index (χ3v) is 2.98. The Morgan fingerprint density at radius 2 is 1.82 bits per heavy atom. The molecule has 1 aromatic carbocycles. The van der Waals surface area contributed by atoms with Gasteiger partial charge in [-0.05, 0) is 18.2 Å². The molecule has 0 fully saturated rings. The van der Waals surface area contributed by atoms with Crippen LogP contribution in [0.15, 0.2) is 34.8 Å². The van der Waals surface area contributed by atoms with E-state index in [-0.39, 0.29) is 5.88 Å². The highest BCUT2D eigenvalue weighted by molar-refractivity contribution is 7.47. The Hall–Kier alpha value is -1.23. The fourth-order valence-corrected chi connectivity index (χ4v) is 2.22. The Balaban J connectivity index is 2.59. The highest BCUT2D eigenvalue weighted by Crippen LogP contribution is 2.37. The van der Waals surface area contributed by atoms with Crippen LogP contribution in [0, 0.1) is 0 Å². The lowest BCUT2D eigenvalue weighted by Gasteiger charge is -2.07. The number of nitrogens with zero attached hydrogens (tertiary/aromatic N) is 2. The molecule has 0 bridgehead atoms. The van der Waals surface area contributed by atoms with Gasteiger partial charge in [0.25, 0.3) is 0 Å². The van der Waals surface area contributed by atoms with Crippen LogP contribution in [0.25, 0.3) is 11.1 Å². The van der Waals surface area contributed by atoms with Gasteiger partial charge < -0.3 is 5.11 Å². The van der Waals surface area contributed by atoms with Crippen molar-refractivity contribution in [1.82, 2.24) is 4.98 Å². The molecule has 17 heavy (non-hydrogen) atoms. The lowest BCUT2D eigenvalue weighted by molar-refractivity contribution is 0.453. The third-order valence-electron chi connectivity index (χ3n) is 2.17. The van der Waals surface area contributed by atoms with Gasteiger partial charge in [0, 0.05) is 35.8 Å². The van der Waals surface area contributed by atoms with Crippen LogP contribution in [-0.2, 0) is 12.4 Å². The van der Waals surface area contributed by atoms with Gasteiger partial charge in [0.1, 0.15) is 0 Å². The molecule has 2 aromatic rings. The van der Waals surface area contributed by atoms with Gasteiger partial charge >= 0.3 is 0 Å². The zero-order valence-electron chi connectivity index (χ0n) is 8.39. The smallest absolute Gasteiger partial charge is 0.210 e. The second kappa shape index (κ2) is 4.96. The number of pyridine rings is 1. The van der Waals surface area contributed by atoms with Crippen molar-refractivity contribution in [2.75, 3.05) is 0 Å². The molecule has 1 N–H and O–H groups in total. The van der Waals surface area contributed by atoms with Gasteiger partial charge in [-0.3, -0.25) is 0 Å². The molecule has 0 unspecified atom stereocenters. The van der Waals surface area contributed by atoms with E-state index < -0.39 is 0 Å². The zero-order chi connectivity index (χ0) is 12.4. The Kier molecular flexibility index (Phi) is 3.57. The molecule has 0 saturated heterocycles. The Labute approximate surface area is 113 Å². The molecule has 0 amide bonds. The largest absolute Gasteiger partial charge is 0.493 e. The van der Waals surface area contributed by atoms with Gasteiger partial charge in [-0.25, -0.2) is 4.98 Å². The van der Waals surface area contributed by atoms with Crippen LogP contribution in [-0.4, -0.2) is 10.1 Å². The number of hydrogen-bond donors (Lipinski definition) is 1. The van der Waals surface area contributed by atoms with E-state index in [0.29, 0.717) is 26.9 Å². The van der Waals surface area contributed by atoms with E-state index >= 15 is 0 Å². The van der Waals surface area contributed by atoms with E-state index in [0.717, 1.165) is 0 Å². The van der Waals surface area contributed by atoms with Crippen molar-refractivity contribution in [2.45, 2.75) is 0 Å². The molecule has 0 aliphatic heterocycles. The normalized spacial score (nSPS) is 10.2. The molecule has 0 aliphatic carbocycles. The van der Waals surface area contributed by atoms with Crippen LogP contribution >= 0.6 is 23.2 Å². The van der Waals surface area contributed by atoms with Crippen molar-refractivity contribution in [3.8, 4) is 17.0 Å². The Morgan fingerprint density at radius 3 is 2.29 bits per heavy atom. The molecule has 0 aliphatic rings. The molecule has 0 radical (unpaired) electrons. The van der Waals surface area contributed by atoms with E-state index in [1.165, 1.54) is 12.3 Å². The number of aromatic hydroxyl groups is 1. The monoisotopic (exact) mass is 284 g/mol. The highest BCUT2D eigenvalue weighted by Gasteiger charge is 2.10. The molecule has 1 heterocycles. The molecular weight excluding hydrogens is 279 g/mol. The van der Waals surface area contributed by atoms with Gasteiger partial charge in [-0.2, -0.15) is 4.36 Å². The summed E-state index contributed by atoms with van der Waals surface area (Å²) in [5, 5.41) is 10.00. The SMILES string of the molecule is Oc1ccc(-c2c(Cl)cc(N=S)cc2Cl)cn1. The summed E-state index contributed by atoms with van der Waals surface area (Å²) in [6.45, 7) is 0. The Bertz CT molecular complexity index is 549. The topological polar surface area (TPSA) is 45.5 Å². The number of rotatable bonds is 2. The fourth-order valence-electron chi connectivity index (χ4n) is 1.42. The summed E-state index contributed by atoms with van der Waals surface area (Å²) in [7, 11) is 0. The first kappa shape index (κ1) is 12.2. The van der Waals surface area contributed by atoms with Crippen molar-refractivity contribution < 1.29 is 5.11 Å². The Morgan fingerprint density at radius 1 is 1.18 bits per heavy atom. The van der Waals surface area contributed by atoms with E-state index in [1.807, 2.05) is 0 Å². The number of halogens is 2. The first-order chi connectivity index (χ1) is 8.11. The van der Waals surface area contributed by atoms with Crippen molar-refractivity contribution in [1.29, 1.82) is 0 Å². The molecule has 0 saturated carbocycles. The van der Waals surface area contributed by atoms with Gasteiger partial charge in [0.2, 0.25) is 5.88 Å². The van der Waals surface area contributed by atoms with Crippen LogP contribution in [0.4, 0.5) is 5.69 Å². The van der Waals surface area contributed by atoms with Crippen molar-refractivity contribution >= 4 is 41.3 Å². The first-order valence-electron chi connectivity index (χ1n) is 4.59. The molecule has 1 aromatic heterocycles. The van der Waals surface area contributed by atoms with Crippen LogP contribution in [0.3, 0.4) is 0 Å². The van der Waals surface area contributed by atoms with Crippen LogP contribution in [0.5, 0.6) is 5.88 Å². The molecule has 0 atom stereocenters. The maximum atomic E-state index is 9.12. The number of aromatic nitrogens is 1. The van der Waals surface area contributed by atoms with E-state index in [4.69, 9.17) is 28.3 Å². The molecule has 86 valence electrons. The standard InChI is InChI=1S/C11H6Cl2N2OS/c12-8-3-7(15-17)4-9(13)11(8)6-1-2-10(16)14-5-6/h1-5H,(H,14,16). The summed E-state index contributed by atoms with van der Waals surface area (Å²) in [6.07, 6.45) is 1.49. The minimum atomic E-state index is -0.0572. The van der Waals surface area contributed by atoms with Gasteiger partial charge in [-0.15, -0.1) is 0 Å². The predicted octanol–water partition coefficient (Wildman–Crippen LogP) is 4.12. The average molecular weight is 285 g/mol. The highest BCUT2D eigenvalue weighted by atomic mass is 35.5. The summed E-state index contributed by atoms with van der Waals surface area (Å²) in [5.74, 6) is -0.0572. The summed E-state index contributed by atoms with van der Waals surface area (Å²) < 4.78 is 3.60. The van der Waals surface area contributed by atoms with Crippen LogP contribution in [0.2, 0.25) is 10.0 Å². The molecule has 3 nitrogen and oxygen atoms in total. The van der Waals surface area contributed by atoms with Crippen molar-refractivity contribution in [2.24, 2.45) is 4.36 Å². The lowest BCUT2D eigenvalue weighted by atomic mass is 10.1. The fraction of sp³-hybridized carbons (Fsp3) is 0. The molecule has 6 heteroatoms. The minimum Gasteiger partial charge on any atom is -0.493 e. The average Bonchev–Trinajstić information content (AvgIpc) is 2.30. The first-order valence-corrected chi connectivity index (χ1v) is 5.71. The number of hydrogen-bond acceptors (Lipinski definition) is 4. The summed E-state index contributed by atoms with van der Waals surface area (Å²) >= 11 is 16.8. The van der Waals surface area contributed by atoms with E-state index in [9.17, 15) is 0 Å². The molecular formula is C11H6Cl2N2OS. The third kappa shape index (κ3) is 2.54. The molecule has 0 spiro atoms.